The average Bonchev–Trinajstić information content (AvgIpc) is 2.29. The molecule has 0 aromatic heterocycles. The lowest BCUT2D eigenvalue weighted by atomic mass is 9.77. The first kappa shape index (κ1) is 14.4. The maximum Gasteiger partial charge on any atom is 0.220 e. The number of hydrogen-bond donors (Lipinski definition) is 2. The van der Waals surface area contributed by atoms with Gasteiger partial charge in [-0.3, -0.25) is 4.79 Å². The Balaban J connectivity index is 2.60. The van der Waals surface area contributed by atoms with E-state index in [1.54, 1.807) is 0 Å². The molecule has 1 rings (SSSR count). The summed E-state index contributed by atoms with van der Waals surface area (Å²) in [5.41, 5.74) is 5.43. The number of nitrogens with two attached hydrogens (primary N) is 1. The predicted molar refractivity (Wildman–Crippen MR) is 74.8 cm³/mol. The molecule has 0 saturated heterocycles. The summed E-state index contributed by atoms with van der Waals surface area (Å²) in [7, 11) is 0. The standard InChI is InChI=1S/C13H24N2OS/c1-3-4-5-11(16)15-13(12(14)17)8-6-10(2)7-9-13/h10H,3-9H2,1-2H3,(H2,14,17)(H,15,16). The van der Waals surface area contributed by atoms with Crippen molar-refractivity contribution in [2.75, 3.05) is 0 Å². The lowest BCUT2D eigenvalue weighted by Gasteiger charge is -2.39. The Bertz CT molecular complexity index is 283. The summed E-state index contributed by atoms with van der Waals surface area (Å²) in [6.45, 7) is 4.32. The third kappa shape index (κ3) is 3.95. The Kier molecular flexibility index (Phi) is 5.37. The van der Waals surface area contributed by atoms with Crippen LogP contribution in [0, 0.1) is 5.92 Å². The molecule has 0 radical (unpaired) electrons. The monoisotopic (exact) mass is 256 g/mol. The first-order valence-electron chi connectivity index (χ1n) is 6.61. The average molecular weight is 256 g/mol. The molecule has 3 N–H and O–H groups in total. The van der Waals surface area contributed by atoms with Crippen LogP contribution in [-0.4, -0.2) is 16.4 Å². The van der Waals surface area contributed by atoms with E-state index in [9.17, 15) is 4.79 Å². The molecule has 1 fully saturated rings. The molecule has 1 saturated carbocycles. The van der Waals surface area contributed by atoms with Crippen LogP contribution in [0.3, 0.4) is 0 Å². The van der Waals surface area contributed by atoms with Gasteiger partial charge in [0.05, 0.1) is 10.5 Å². The number of hydrogen-bond acceptors (Lipinski definition) is 2. The molecule has 0 bridgehead atoms. The van der Waals surface area contributed by atoms with E-state index in [1.807, 2.05) is 0 Å². The van der Waals surface area contributed by atoms with Crippen molar-refractivity contribution in [1.82, 2.24) is 5.32 Å². The van der Waals surface area contributed by atoms with Crippen LogP contribution < -0.4 is 11.1 Å². The van der Waals surface area contributed by atoms with Gasteiger partial charge < -0.3 is 11.1 Å². The molecule has 1 amide bonds. The molecule has 4 heteroatoms. The summed E-state index contributed by atoms with van der Waals surface area (Å²) >= 11 is 5.16. The zero-order chi connectivity index (χ0) is 12.9. The van der Waals surface area contributed by atoms with Crippen molar-refractivity contribution in [3.05, 3.63) is 0 Å². The van der Waals surface area contributed by atoms with Crippen molar-refractivity contribution < 1.29 is 4.79 Å². The minimum atomic E-state index is -0.410. The fourth-order valence-electron chi connectivity index (χ4n) is 2.35. The van der Waals surface area contributed by atoms with Crippen molar-refractivity contribution >= 4 is 23.1 Å². The number of carbonyl (C=O) groups is 1. The summed E-state index contributed by atoms with van der Waals surface area (Å²) in [6, 6.07) is 0. The Labute approximate surface area is 110 Å². The van der Waals surface area contributed by atoms with Crippen molar-refractivity contribution in [1.29, 1.82) is 0 Å². The van der Waals surface area contributed by atoms with E-state index < -0.39 is 5.54 Å². The van der Waals surface area contributed by atoms with Crippen LogP contribution in [0.5, 0.6) is 0 Å². The quantitative estimate of drug-likeness (QED) is 0.743. The van der Waals surface area contributed by atoms with Gasteiger partial charge in [0.1, 0.15) is 0 Å². The summed E-state index contributed by atoms with van der Waals surface area (Å²) < 4.78 is 0. The highest BCUT2D eigenvalue weighted by atomic mass is 32.1. The molecule has 1 aliphatic rings. The summed E-state index contributed by atoms with van der Waals surface area (Å²) in [5.74, 6) is 0.805. The fourth-order valence-corrected chi connectivity index (χ4v) is 2.61. The first-order chi connectivity index (χ1) is 8.00. The minimum absolute atomic E-state index is 0.0919. The number of thiocarbonyl (C=S) groups is 1. The van der Waals surface area contributed by atoms with Gasteiger partial charge in [-0.2, -0.15) is 0 Å². The lowest BCUT2D eigenvalue weighted by molar-refractivity contribution is -0.122. The van der Waals surface area contributed by atoms with E-state index in [-0.39, 0.29) is 5.91 Å². The number of nitrogens with one attached hydrogen (secondary N) is 1. The summed E-state index contributed by atoms with van der Waals surface area (Å²) in [5, 5.41) is 3.08. The Morgan fingerprint density at radius 3 is 2.53 bits per heavy atom. The van der Waals surface area contributed by atoms with Crippen LogP contribution in [0.25, 0.3) is 0 Å². The van der Waals surface area contributed by atoms with Crippen LogP contribution in [0.1, 0.15) is 58.8 Å². The summed E-state index contributed by atoms with van der Waals surface area (Å²) in [6.07, 6.45) is 6.50. The van der Waals surface area contributed by atoms with Gasteiger partial charge in [-0.1, -0.05) is 32.5 Å². The summed E-state index contributed by atoms with van der Waals surface area (Å²) in [4.78, 5) is 12.3. The Morgan fingerprint density at radius 1 is 1.47 bits per heavy atom. The molecule has 3 nitrogen and oxygen atoms in total. The van der Waals surface area contributed by atoms with E-state index >= 15 is 0 Å². The molecule has 0 heterocycles. The van der Waals surface area contributed by atoms with Crippen molar-refractivity contribution in [3.63, 3.8) is 0 Å². The maximum atomic E-state index is 11.8. The van der Waals surface area contributed by atoms with Gasteiger partial charge in [0.15, 0.2) is 0 Å². The molecule has 0 aromatic carbocycles. The number of unbranched alkanes of at least 4 members (excludes halogenated alkanes) is 1. The van der Waals surface area contributed by atoms with E-state index in [1.165, 1.54) is 0 Å². The second-order valence-corrected chi connectivity index (χ2v) is 5.72. The third-order valence-electron chi connectivity index (χ3n) is 3.74. The van der Waals surface area contributed by atoms with Gasteiger partial charge in [-0.15, -0.1) is 0 Å². The fraction of sp³-hybridized carbons (Fsp3) is 0.846. The van der Waals surface area contributed by atoms with Crippen LogP contribution in [0.2, 0.25) is 0 Å². The zero-order valence-electron chi connectivity index (χ0n) is 10.9. The highest BCUT2D eigenvalue weighted by molar-refractivity contribution is 7.80. The first-order valence-corrected chi connectivity index (χ1v) is 7.02. The molecule has 0 unspecified atom stereocenters. The molecule has 0 atom stereocenters. The third-order valence-corrected chi connectivity index (χ3v) is 4.13. The molecular formula is C13H24N2OS. The number of amides is 1. The molecular weight excluding hydrogens is 232 g/mol. The highest BCUT2D eigenvalue weighted by Crippen LogP contribution is 2.32. The number of rotatable bonds is 5. The Hall–Kier alpha value is -0.640. The van der Waals surface area contributed by atoms with E-state index in [0.717, 1.165) is 38.5 Å². The van der Waals surface area contributed by atoms with Crippen LogP contribution in [-0.2, 0) is 4.79 Å². The van der Waals surface area contributed by atoms with E-state index in [0.29, 0.717) is 17.3 Å². The van der Waals surface area contributed by atoms with Gasteiger partial charge in [-0.05, 0) is 38.0 Å². The van der Waals surface area contributed by atoms with Crippen molar-refractivity contribution in [2.24, 2.45) is 11.7 Å². The van der Waals surface area contributed by atoms with Crippen molar-refractivity contribution in [2.45, 2.75) is 64.3 Å². The van der Waals surface area contributed by atoms with Crippen LogP contribution >= 0.6 is 12.2 Å². The van der Waals surface area contributed by atoms with Crippen LogP contribution in [0.4, 0.5) is 0 Å². The molecule has 0 aromatic rings. The molecule has 1 aliphatic carbocycles. The molecule has 98 valence electrons. The second-order valence-electron chi connectivity index (χ2n) is 5.28. The second kappa shape index (κ2) is 6.34. The SMILES string of the molecule is CCCCC(=O)NC1(C(N)=S)CCC(C)CC1. The Morgan fingerprint density at radius 2 is 2.06 bits per heavy atom. The van der Waals surface area contributed by atoms with E-state index in [2.05, 4.69) is 19.2 Å². The molecule has 0 aliphatic heterocycles. The largest absolute Gasteiger partial charge is 0.391 e. The van der Waals surface area contributed by atoms with Crippen molar-refractivity contribution in [3.8, 4) is 0 Å². The highest BCUT2D eigenvalue weighted by Gasteiger charge is 2.37. The molecule has 0 spiro atoms. The smallest absolute Gasteiger partial charge is 0.220 e. The lowest BCUT2D eigenvalue weighted by Crippen LogP contribution is -2.58. The van der Waals surface area contributed by atoms with Gasteiger partial charge in [-0.25, -0.2) is 0 Å². The van der Waals surface area contributed by atoms with Gasteiger partial charge in [0, 0.05) is 6.42 Å². The normalized spacial score (nSPS) is 28.7. The zero-order valence-corrected chi connectivity index (χ0v) is 11.7. The minimum Gasteiger partial charge on any atom is -0.391 e. The van der Waals surface area contributed by atoms with Gasteiger partial charge in [0.2, 0.25) is 5.91 Å². The topological polar surface area (TPSA) is 55.1 Å². The van der Waals surface area contributed by atoms with Crippen LogP contribution in [0.15, 0.2) is 0 Å². The van der Waals surface area contributed by atoms with Gasteiger partial charge >= 0.3 is 0 Å². The number of carbonyl (C=O) groups excluding carboxylic acids is 1. The molecule has 17 heavy (non-hydrogen) atoms. The van der Waals surface area contributed by atoms with E-state index in [4.69, 9.17) is 18.0 Å². The predicted octanol–water partition coefficient (Wildman–Crippen LogP) is 2.53. The maximum absolute atomic E-state index is 11.8. The van der Waals surface area contributed by atoms with Gasteiger partial charge in [0.25, 0.3) is 0 Å².